The second-order valence-corrected chi connectivity index (χ2v) is 9.04. The van der Waals surface area contributed by atoms with Crippen LogP contribution in [-0.2, 0) is 15.8 Å². The number of hydrogen-bond acceptors (Lipinski definition) is 5. The van der Waals surface area contributed by atoms with Crippen LogP contribution in [0.5, 0.6) is 11.5 Å². The minimum atomic E-state index is -4.67. The van der Waals surface area contributed by atoms with Crippen molar-refractivity contribution in [1.82, 2.24) is 0 Å². The number of hydrogen-bond donors (Lipinski definition) is 2. The van der Waals surface area contributed by atoms with Gasteiger partial charge >= 0.3 is 6.18 Å². The molecule has 1 aliphatic heterocycles. The van der Waals surface area contributed by atoms with Gasteiger partial charge in [-0.15, -0.1) is 0 Å². The van der Waals surface area contributed by atoms with E-state index in [2.05, 4.69) is 0 Å². The maximum atomic E-state index is 13.4. The van der Waals surface area contributed by atoms with Crippen LogP contribution in [0.25, 0.3) is 5.76 Å². The Bertz CT molecular complexity index is 1350. The summed E-state index contributed by atoms with van der Waals surface area (Å²) in [7, 11) is 0. The lowest BCUT2D eigenvalue weighted by Crippen LogP contribution is -2.29. The second-order valence-electron chi connectivity index (χ2n) is 9.04. The maximum absolute atomic E-state index is 13.4. The standard InChI is InChI=1S/C28H24F3NO5/c1-16(2)15-37-22-12-8-18(9-13-22)25(34)23-24(17-6-10-21(33)11-7-17)32(27(36)26(23)35)20-5-3-4-19(14-20)28(29,30)31/h3-14,16,24,33-34H,15H2,1-2H3/b25-23+. The number of Topliss-reactive ketones (excluding diaryl/α,β-unsaturated/α-hetero) is 1. The van der Waals surface area contributed by atoms with Crippen molar-refractivity contribution in [3.63, 3.8) is 0 Å². The number of aromatic hydroxyl groups is 1. The number of phenols is 1. The van der Waals surface area contributed by atoms with E-state index >= 15 is 0 Å². The van der Waals surface area contributed by atoms with Gasteiger partial charge in [-0.3, -0.25) is 14.5 Å². The lowest BCUT2D eigenvalue weighted by molar-refractivity contribution is -0.137. The molecule has 0 radical (unpaired) electrons. The number of benzene rings is 3. The number of halogens is 3. The van der Waals surface area contributed by atoms with E-state index in [9.17, 15) is 33.0 Å². The van der Waals surface area contributed by atoms with Crippen LogP contribution in [0, 0.1) is 5.92 Å². The zero-order chi connectivity index (χ0) is 26.9. The number of nitrogens with zero attached hydrogens (tertiary/aromatic N) is 1. The minimum Gasteiger partial charge on any atom is -0.508 e. The Morgan fingerprint density at radius 1 is 1.00 bits per heavy atom. The van der Waals surface area contributed by atoms with E-state index in [1.807, 2.05) is 13.8 Å². The Morgan fingerprint density at radius 3 is 2.24 bits per heavy atom. The molecule has 1 heterocycles. The number of anilines is 1. The summed E-state index contributed by atoms with van der Waals surface area (Å²) in [5, 5.41) is 20.9. The van der Waals surface area contributed by atoms with Gasteiger partial charge in [-0.05, 0) is 66.1 Å². The van der Waals surface area contributed by atoms with Gasteiger partial charge in [0.05, 0.1) is 23.8 Å². The smallest absolute Gasteiger partial charge is 0.416 e. The van der Waals surface area contributed by atoms with Gasteiger partial charge in [0.25, 0.3) is 11.7 Å². The van der Waals surface area contributed by atoms with Gasteiger partial charge in [0, 0.05) is 11.3 Å². The van der Waals surface area contributed by atoms with Gasteiger partial charge in [-0.2, -0.15) is 13.2 Å². The highest BCUT2D eigenvalue weighted by atomic mass is 19.4. The number of amides is 1. The lowest BCUT2D eigenvalue weighted by atomic mass is 9.95. The maximum Gasteiger partial charge on any atom is 0.416 e. The number of aliphatic hydroxyl groups is 1. The molecule has 0 spiro atoms. The highest BCUT2D eigenvalue weighted by Gasteiger charge is 2.47. The summed E-state index contributed by atoms with van der Waals surface area (Å²) in [5.74, 6) is -1.86. The summed E-state index contributed by atoms with van der Waals surface area (Å²) in [6.45, 7) is 4.47. The molecular weight excluding hydrogens is 487 g/mol. The fourth-order valence-corrected chi connectivity index (χ4v) is 4.03. The van der Waals surface area contributed by atoms with Crippen LogP contribution >= 0.6 is 0 Å². The first-order valence-corrected chi connectivity index (χ1v) is 11.5. The van der Waals surface area contributed by atoms with Crippen LogP contribution < -0.4 is 9.64 Å². The van der Waals surface area contributed by atoms with Crippen molar-refractivity contribution in [2.75, 3.05) is 11.5 Å². The van der Waals surface area contributed by atoms with Crippen LogP contribution in [0.2, 0.25) is 0 Å². The quantitative estimate of drug-likeness (QED) is 0.238. The summed E-state index contributed by atoms with van der Waals surface area (Å²) in [4.78, 5) is 27.2. The first-order valence-electron chi connectivity index (χ1n) is 11.5. The molecular formula is C28H24F3NO5. The molecule has 0 bridgehead atoms. The monoisotopic (exact) mass is 511 g/mol. The van der Waals surface area contributed by atoms with E-state index in [1.165, 1.54) is 42.5 Å². The number of ether oxygens (including phenoxy) is 1. The number of rotatable bonds is 6. The molecule has 3 aromatic rings. The number of alkyl halides is 3. The normalized spacial score (nSPS) is 17.5. The van der Waals surface area contributed by atoms with E-state index in [-0.39, 0.29) is 22.6 Å². The van der Waals surface area contributed by atoms with Gasteiger partial charge in [0.2, 0.25) is 0 Å². The Labute approximate surface area is 211 Å². The van der Waals surface area contributed by atoms with Crippen LogP contribution in [0.15, 0.2) is 78.4 Å². The SMILES string of the molecule is CC(C)COc1ccc(/C(O)=C2\C(=O)C(=O)N(c3cccc(C(F)(F)F)c3)C2c2ccc(O)cc2)cc1. The Morgan fingerprint density at radius 2 is 1.65 bits per heavy atom. The largest absolute Gasteiger partial charge is 0.508 e. The molecule has 1 aliphatic rings. The van der Waals surface area contributed by atoms with Gasteiger partial charge in [0.15, 0.2) is 0 Å². The van der Waals surface area contributed by atoms with E-state index < -0.39 is 35.2 Å². The summed E-state index contributed by atoms with van der Waals surface area (Å²) in [5.41, 5.74) is -0.903. The average Bonchev–Trinajstić information content (AvgIpc) is 3.13. The molecule has 2 N–H and O–H groups in total. The molecule has 4 rings (SSSR count). The van der Waals surface area contributed by atoms with Crippen LogP contribution in [0.3, 0.4) is 0 Å². The first kappa shape index (κ1) is 25.8. The van der Waals surface area contributed by atoms with Crippen molar-refractivity contribution in [3.8, 4) is 11.5 Å². The summed E-state index contributed by atoms with van der Waals surface area (Å²) in [6, 6.07) is 14.6. The third-order valence-corrected chi connectivity index (χ3v) is 5.82. The first-order chi connectivity index (χ1) is 17.5. The van der Waals surface area contributed by atoms with Crippen molar-refractivity contribution < 1.29 is 37.7 Å². The summed E-state index contributed by atoms with van der Waals surface area (Å²) >= 11 is 0. The van der Waals surface area contributed by atoms with E-state index in [4.69, 9.17) is 4.74 Å². The molecule has 3 aromatic carbocycles. The van der Waals surface area contributed by atoms with Crippen molar-refractivity contribution >= 4 is 23.1 Å². The van der Waals surface area contributed by atoms with E-state index in [0.29, 0.717) is 23.8 Å². The van der Waals surface area contributed by atoms with Gasteiger partial charge in [-0.1, -0.05) is 32.0 Å². The fourth-order valence-electron chi connectivity index (χ4n) is 4.03. The van der Waals surface area contributed by atoms with E-state index in [0.717, 1.165) is 23.1 Å². The molecule has 1 fully saturated rings. The molecule has 1 amide bonds. The predicted molar refractivity (Wildman–Crippen MR) is 131 cm³/mol. The molecule has 37 heavy (non-hydrogen) atoms. The van der Waals surface area contributed by atoms with Gasteiger partial charge < -0.3 is 14.9 Å². The highest BCUT2D eigenvalue weighted by Crippen LogP contribution is 2.43. The van der Waals surface area contributed by atoms with Gasteiger partial charge in [0.1, 0.15) is 17.3 Å². The molecule has 1 unspecified atom stereocenters. The van der Waals surface area contributed by atoms with Crippen molar-refractivity contribution in [2.45, 2.75) is 26.1 Å². The zero-order valence-corrected chi connectivity index (χ0v) is 20.0. The van der Waals surface area contributed by atoms with Crippen molar-refractivity contribution in [1.29, 1.82) is 0 Å². The van der Waals surface area contributed by atoms with Gasteiger partial charge in [-0.25, -0.2) is 0 Å². The predicted octanol–water partition coefficient (Wildman–Crippen LogP) is 6.07. The summed E-state index contributed by atoms with van der Waals surface area (Å²) in [6.07, 6.45) is -4.67. The number of phenolic OH excluding ortho intramolecular Hbond substituents is 1. The zero-order valence-electron chi connectivity index (χ0n) is 20.0. The third-order valence-electron chi connectivity index (χ3n) is 5.82. The Hall–Kier alpha value is -4.27. The Balaban J connectivity index is 1.84. The molecule has 9 heteroatoms. The topological polar surface area (TPSA) is 87.1 Å². The molecule has 1 saturated heterocycles. The number of aliphatic hydroxyl groups excluding tert-OH is 1. The van der Waals surface area contributed by atoms with Crippen molar-refractivity contribution in [3.05, 3.63) is 95.1 Å². The van der Waals surface area contributed by atoms with Crippen molar-refractivity contribution in [2.24, 2.45) is 5.92 Å². The highest BCUT2D eigenvalue weighted by molar-refractivity contribution is 6.51. The Kier molecular flexibility index (Phi) is 6.98. The fraction of sp³-hybridized carbons (Fsp3) is 0.214. The van der Waals surface area contributed by atoms with Crippen LogP contribution in [0.1, 0.15) is 36.6 Å². The minimum absolute atomic E-state index is 0.0863. The molecule has 0 saturated carbocycles. The number of carbonyl (C=O) groups is 2. The number of ketones is 1. The molecule has 0 aliphatic carbocycles. The molecule has 192 valence electrons. The van der Waals surface area contributed by atoms with E-state index in [1.54, 1.807) is 12.1 Å². The molecule has 6 nitrogen and oxygen atoms in total. The molecule has 1 atom stereocenters. The third kappa shape index (κ3) is 5.30. The second kappa shape index (κ2) is 10.0. The lowest BCUT2D eigenvalue weighted by Gasteiger charge is -2.26. The van der Waals surface area contributed by atoms with Crippen LogP contribution in [-0.4, -0.2) is 28.5 Å². The molecule has 0 aromatic heterocycles. The average molecular weight is 511 g/mol. The summed E-state index contributed by atoms with van der Waals surface area (Å²) < 4.78 is 45.8. The number of carbonyl (C=O) groups excluding carboxylic acids is 2. The van der Waals surface area contributed by atoms with Crippen LogP contribution in [0.4, 0.5) is 18.9 Å².